The average Bonchev–Trinajstić information content (AvgIpc) is 3.51. The van der Waals surface area contributed by atoms with Gasteiger partial charge in [0, 0.05) is 15.8 Å². The van der Waals surface area contributed by atoms with Crippen molar-refractivity contribution in [2.24, 2.45) is 0 Å². The van der Waals surface area contributed by atoms with Crippen molar-refractivity contribution < 1.29 is 9.53 Å². The van der Waals surface area contributed by atoms with Crippen molar-refractivity contribution in [3.63, 3.8) is 0 Å². The molecule has 0 aliphatic carbocycles. The molecule has 0 radical (unpaired) electrons. The average molecular weight is 479 g/mol. The number of nitrogens with zero attached hydrogens (tertiary/aromatic N) is 3. The van der Waals surface area contributed by atoms with Gasteiger partial charge < -0.3 is 16.2 Å². The molecule has 0 saturated carbocycles. The topological polar surface area (TPSA) is 140 Å². The molecule has 0 aliphatic rings. The molecule has 5 aromatic rings. The van der Waals surface area contributed by atoms with Crippen LogP contribution in [0.5, 0.6) is 5.75 Å². The van der Waals surface area contributed by atoms with Gasteiger partial charge in [-0.2, -0.15) is 5.26 Å². The second kappa shape index (κ2) is 7.76. The monoisotopic (exact) mass is 478 g/mol. The molecule has 1 amide bonds. The second-order valence-corrected chi connectivity index (χ2v) is 9.65. The zero-order chi connectivity index (χ0) is 22.4. The second-order valence-electron chi connectivity index (χ2n) is 6.67. The number of carbonyl (C=O) groups excluding carboxylic acids is 1. The lowest BCUT2D eigenvalue weighted by Gasteiger charge is -2.07. The zero-order valence-corrected chi connectivity index (χ0v) is 19.0. The molecule has 0 saturated heterocycles. The smallest absolute Gasteiger partial charge is 0.269 e. The van der Waals surface area contributed by atoms with Crippen LogP contribution in [0.4, 0.5) is 16.6 Å². The lowest BCUT2D eigenvalue weighted by atomic mass is 10.0. The minimum Gasteiger partial charge on any atom is -0.497 e. The normalized spacial score (nSPS) is 11.0. The van der Waals surface area contributed by atoms with Gasteiger partial charge in [0.15, 0.2) is 5.13 Å². The number of amides is 1. The summed E-state index contributed by atoms with van der Waals surface area (Å²) in [6, 6.07) is 11.4. The Morgan fingerprint density at radius 2 is 2.06 bits per heavy atom. The Labute approximate surface area is 193 Å². The SMILES string of the molecule is COc1ccc2nc(NC(=O)c3sc4nc(N)c(C#N)c(-c5cccs5)c4c3N)sc2c1. The minimum absolute atomic E-state index is 0.108. The summed E-state index contributed by atoms with van der Waals surface area (Å²) in [5.74, 6) is 0.424. The molecule has 158 valence electrons. The summed E-state index contributed by atoms with van der Waals surface area (Å²) in [6.45, 7) is 0. The lowest BCUT2D eigenvalue weighted by molar-refractivity contribution is 0.103. The summed E-state index contributed by atoms with van der Waals surface area (Å²) in [7, 11) is 1.60. The molecule has 11 heteroatoms. The van der Waals surface area contributed by atoms with Crippen molar-refractivity contribution in [1.29, 1.82) is 5.26 Å². The van der Waals surface area contributed by atoms with Gasteiger partial charge in [0.2, 0.25) is 0 Å². The van der Waals surface area contributed by atoms with Gasteiger partial charge in [-0.15, -0.1) is 22.7 Å². The molecule has 32 heavy (non-hydrogen) atoms. The molecule has 0 fully saturated rings. The highest BCUT2D eigenvalue weighted by Crippen LogP contribution is 2.44. The molecular formula is C21H14N6O2S3. The highest BCUT2D eigenvalue weighted by Gasteiger charge is 2.25. The molecule has 0 bridgehead atoms. The largest absolute Gasteiger partial charge is 0.497 e. The Morgan fingerprint density at radius 1 is 1.22 bits per heavy atom. The number of hydrogen-bond donors (Lipinski definition) is 3. The molecule has 0 atom stereocenters. The number of nitrogen functional groups attached to an aromatic ring is 2. The van der Waals surface area contributed by atoms with E-state index in [-0.39, 0.29) is 21.9 Å². The van der Waals surface area contributed by atoms with Crippen LogP contribution in [0.1, 0.15) is 15.2 Å². The molecule has 0 unspecified atom stereocenters. The number of hydrogen-bond acceptors (Lipinski definition) is 10. The minimum atomic E-state index is -0.397. The number of ether oxygens (including phenoxy) is 1. The standard InChI is InChI=1S/C21H14N6O2S3/c1-29-9-4-5-11-13(7-9)31-21(25-11)27-19(28)17-16(23)15-14(12-3-2-6-30-12)10(8-22)18(24)26-20(15)32-17/h2-7H,23H2,1H3,(H2,24,26)(H,25,27,28). The Balaban J connectivity index is 1.59. The van der Waals surface area contributed by atoms with Crippen LogP contribution in [-0.2, 0) is 0 Å². The molecular weight excluding hydrogens is 464 g/mol. The molecule has 8 nitrogen and oxygen atoms in total. The molecule has 0 aliphatic heterocycles. The van der Waals surface area contributed by atoms with Gasteiger partial charge in [0.25, 0.3) is 5.91 Å². The molecule has 1 aromatic carbocycles. The van der Waals surface area contributed by atoms with E-state index in [0.29, 0.717) is 26.7 Å². The van der Waals surface area contributed by atoms with Crippen LogP contribution in [0.25, 0.3) is 30.9 Å². The first-order valence-electron chi connectivity index (χ1n) is 9.21. The van der Waals surface area contributed by atoms with E-state index in [4.69, 9.17) is 16.2 Å². The maximum absolute atomic E-state index is 13.1. The zero-order valence-electron chi connectivity index (χ0n) is 16.5. The van der Waals surface area contributed by atoms with Crippen LogP contribution in [0.2, 0.25) is 0 Å². The number of benzene rings is 1. The van der Waals surface area contributed by atoms with Crippen molar-refractivity contribution in [3.8, 4) is 22.3 Å². The summed E-state index contributed by atoms with van der Waals surface area (Å²) < 4.78 is 6.13. The van der Waals surface area contributed by atoms with Crippen molar-refractivity contribution >= 4 is 77.0 Å². The van der Waals surface area contributed by atoms with Gasteiger partial charge in [-0.1, -0.05) is 17.4 Å². The summed E-state index contributed by atoms with van der Waals surface area (Å²) in [5.41, 5.74) is 14.3. The summed E-state index contributed by atoms with van der Waals surface area (Å²) in [5, 5.41) is 15.4. The van der Waals surface area contributed by atoms with Crippen molar-refractivity contribution in [2.45, 2.75) is 0 Å². The van der Waals surface area contributed by atoms with E-state index in [1.807, 2.05) is 35.7 Å². The fourth-order valence-corrected chi connectivity index (χ4v) is 6.04. The molecule has 4 heterocycles. The first-order valence-corrected chi connectivity index (χ1v) is 11.7. The van der Waals surface area contributed by atoms with Crippen LogP contribution in [0.15, 0.2) is 35.7 Å². The highest BCUT2D eigenvalue weighted by molar-refractivity contribution is 7.23. The van der Waals surface area contributed by atoms with E-state index in [0.717, 1.165) is 26.4 Å². The number of anilines is 3. The lowest BCUT2D eigenvalue weighted by Crippen LogP contribution is -2.11. The van der Waals surface area contributed by atoms with E-state index in [1.54, 1.807) is 7.11 Å². The summed E-state index contributed by atoms with van der Waals surface area (Å²) in [4.78, 5) is 23.5. The van der Waals surface area contributed by atoms with Gasteiger partial charge in [-0.3, -0.25) is 10.1 Å². The molecule has 5 rings (SSSR count). The predicted octanol–water partition coefficient (Wildman–Crippen LogP) is 4.93. The highest BCUT2D eigenvalue weighted by atomic mass is 32.1. The number of thiophene rings is 2. The number of nitrogens with one attached hydrogen (secondary N) is 1. The van der Waals surface area contributed by atoms with E-state index < -0.39 is 5.91 Å². The number of fused-ring (bicyclic) bond motifs is 2. The van der Waals surface area contributed by atoms with Gasteiger partial charge in [-0.05, 0) is 29.6 Å². The Bertz CT molecular complexity index is 1550. The van der Waals surface area contributed by atoms with E-state index in [2.05, 4.69) is 21.4 Å². The van der Waals surface area contributed by atoms with Gasteiger partial charge >= 0.3 is 0 Å². The van der Waals surface area contributed by atoms with E-state index in [9.17, 15) is 10.1 Å². The van der Waals surface area contributed by atoms with Gasteiger partial charge in [0.1, 0.15) is 32.9 Å². The Kier molecular flexibility index (Phi) is 4.90. The maximum Gasteiger partial charge on any atom is 0.269 e. The number of methoxy groups -OCH3 is 1. The third kappa shape index (κ3) is 3.21. The number of thiazole rings is 1. The van der Waals surface area contributed by atoms with Gasteiger partial charge in [0.05, 0.1) is 23.0 Å². The number of pyridine rings is 1. The number of carbonyl (C=O) groups is 1. The first kappa shape index (κ1) is 20.2. The first-order chi connectivity index (χ1) is 15.5. The molecule has 4 aromatic heterocycles. The Hall–Kier alpha value is -3.72. The summed E-state index contributed by atoms with van der Waals surface area (Å²) in [6.07, 6.45) is 0. The van der Waals surface area contributed by atoms with Crippen molar-refractivity contribution in [2.75, 3.05) is 23.9 Å². The predicted molar refractivity (Wildman–Crippen MR) is 131 cm³/mol. The quantitative estimate of drug-likeness (QED) is 0.332. The fourth-order valence-electron chi connectivity index (χ4n) is 3.36. The van der Waals surface area contributed by atoms with Gasteiger partial charge in [-0.25, -0.2) is 9.97 Å². The van der Waals surface area contributed by atoms with Crippen molar-refractivity contribution in [3.05, 3.63) is 46.2 Å². The molecule has 5 N–H and O–H groups in total. The molecule has 0 spiro atoms. The number of nitrogens with two attached hydrogens (primary N) is 2. The van der Waals surface area contributed by atoms with Crippen LogP contribution in [0, 0.1) is 11.3 Å². The van der Waals surface area contributed by atoms with Crippen LogP contribution < -0.4 is 21.5 Å². The number of rotatable bonds is 4. The number of aromatic nitrogens is 2. The van der Waals surface area contributed by atoms with Crippen LogP contribution in [-0.4, -0.2) is 23.0 Å². The third-order valence-corrected chi connectivity index (χ3v) is 7.73. The number of nitriles is 1. The fraction of sp³-hybridized carbons (Fsp3) is 0.0476. The van der Waals surface area contributed by atoms with E-state index >= 15 is 0 Å². The summed E-state index contributed by atoms with van der Waals surface area (Å²) >= 11 is 3.93. The van der Waals surface area contributed by atoms with Crippen molar-refractivity contribution in [1.82, 2.24) is 9.97 Å². The Morgan fingerprint density at radius 3 is 2.78 bits per heavy atom. The maximum atomic E-state index is 13.1. The third-order valence-electron chi connectivity index (χ3n) is 4.81. The van der Waals surface area contributed by atoms with Crippen LogP contribution in [0.3, 0.4) is 0 Å². The van der Waals surface area contributed by atoms with E-state index in [1.165, 1.54) is 22.7 Å². The van der Waals surface area contributed by atoms with Crippen LogP contribution >= 0.6 is 34.0 Å².